The molecule has 0 atom stereocenters. The van der Waals surface area contributed by atoms with Gasteiger partial charge in [0.25, 0.3) is 15.9 Å². The lowest BCUT2D eigenvalue weighted by atomic mass is 9.96. The molecule has 0 unspecified atom stereocenters. The van der Waals surface area contributed by atoms with E-state index in [2.05, 4.69) is 68.4 Å². The van der Waals surface area contributed by atoms with Crippen molar-refractivity contribution in [2.75, 3.05) is 62.0 Å². The third-order valence-electron chi connectivity index (χ3n) is 8.47. The summed E-state index contributed by atoms with van der Waals surface area (Å²) in [5, 5.41) is 3.27. The Bertz CT molecular complexity index is 1630. The van der Waals surface area contributed by atoms with E-state index in [1.807, 2.05) is 36.1 Å². The van der Waals surface area contributed by atoms with E-state index in [0.717, 1.165) is 37.4 Å². The summed E-state index contributed by atoms with van der Waals surface area (Å²) in [5.74, 6) is -0.0905. The molecule has 2 fully saturated rings. The second-order valence-electron chi connectivity index (χ2n) is 11.4. The monoisotopic (exact) mass is 609 g/mol. The third kappa shape index (κ3) is 6.65. The summed E-state index contributed by atoms with van der Waals surface area (Å²) in [6.07, 6.45) is 0. The first-order chi connectivity index (χ1) is 21.4. The maximum Gasteiger partial charge on any atom is 0.261 e. The SMILES string of the molecule is Cc1ccc(S(=O)(=O)Nc2cc(C(=O)N3CCNCC3)ccc2N2CCN(C(c3ccccc3)c3ccccc3)CC2)cc1. The molecule has 0 radical (unpaired) electrons. The minimum Gasteiger partial charge on any atom is -0.367 e. The van der Waals surface area contributed by atoms with Crippen LogP contribution in [0.1, 0.15) is 33.1 Å². The van der Waals surface area contributed by atoms with E-state index in [9.17, 15) is 13.2 Å². The summed E-state index contributed by atoms with van der Waals surface area (Å²) in [7, 11) is -3.88. The summed E-state index contributed by atoms with van der Waals surface area (Å²) in [4.78, 5) is 20.1. The third-order valence-corrected chi connectivity index (χ3v) is 9.86. The first-order valence-corrected chi connectivity index (χ1v) is 16.7. The van der Waals surface area contributed by atoms with Crippen molar-refractivity contribution in [1.82, 2.24) is 15.1 Å². The molecule has 6 rings (SSSR count). The molecule has 0 saturated carbocycles. The highest BCUT2D eigenvalue weighted by Gasteiger charge is 2.29. The molecular weight excluding hydrogens is 570 g/mol. The van der Waals surface area contributed by atoms with Crippen molar-refractivity contribution in [2.45, 2.75) is 17.9 Å². The van der Waals surface area contributed by atoms with E-state index in [0.29, 0.717) is 37.4 Å². The van der Waals surface area contributed by atoms with Crippen LogP contribution < -0.4 is 14.9 Å². The first kappa shape index (κ1) is 29.9. The van der Waals surface area contributed by atoms with Crippen LogP contribution in [-0.4, -0.2) is 76.5 Å². The highest BCUT2D eigenvalue weighted by Crippen LogP contribution is 2.34. The number of nitrogens with zero attached hydrogens (tertiary/aromatic N) is 3. The van der Waals surface area contributed by atoms with Gasteiger partial charge in [0, 0.05) is 57.9 Å². The fourth-order valence-electron chi connectivity index (χ4n) is 6.10. The fraction of sp³-hybridized carbons (Fsp3) is 0.286. The Balaban J connectivity index is 1.28. The van der Waals surface area contributed by atoms with E-state index in [1.54, 1.807) is 30.3 Å². The lowest BCUT2D eigenvalue weighted by Gasteiger charge is -2.41. The van der Waals surface area contributed by atoms with Crippen molar-refractivity contribution in [2.24, 2.45) is 0 Å². The number of aryl methyl sites for hydroxylation is 1. The van der Waals surface area contributed by atoms with Crippen LogP contribution in [0.15, 0.2) is 108 Å². The standard InChI is InChI=1S/C35H39N5O3S/c1-27-12-15-31(16-13-27)44(42,43)37-32-26-30(35(41)40-20-18-36-19-21-40)14-17-33(32)38-22-24-39(25-23-38)34(28-8-4-2-5-9-28)29-10-6-3-7-11-29/h2-17,26,34,36-37H,18-25H2,1H3. The Morgan fingerprint density at radius 2 is 1.34 bits per heavy atom. The van der Waals surface area contributed by atoms with Crippen molar-refractivity contribution in [1.29, 1.82) is 0 Å². The van der Waals surface area contributed by atoms with Gasteiger partial charge in [-0.1, -0.05) is 78.4 Å². The van der Waals surface area contributed by atoms with Gasteiger partial charge in [0.1, 0.15) is 0 Å². The van der Waals surface area contributed by atoms with Gasteiger partial charge < -0.3 is 15.1 Å². The van der Waals surface area contributed by atoms with Crippen molar-refractivity contribution in [3.63, 3.8) is 0 Å². The number of anilines is 2. The second kappa shape index (κ2) is 13.2. The largest absolute Gasteiger partial charge is 0.367 e. The normalized spacial score (nSPS) is 16.2. The molecule has 4 aromatic carbocycles. The van der Waals surface area contributed by atoms with Gasteiger partial charge in [-0.15, -0.1) is 0 Å². The number of carbonyl (C=O) groups is 1. The molecule has 2 saturated heterocycles. The van der Waals surface area contributed by atoms with Crippen molar-refractivity contribution in [3.8, 4) is 0 Å². The van der Waals surface area contributed by atoms with E-state index in [-0.39, 0.29) is 16.8 Å². The zero-order valence-electron chi connectivity index (χ0n) is 25.0. The van der Waals surface area contributed by atoms with E-state index >= 15 is 0 Å². The number of carbonyl (C=O) groups excluding carboxylic acids is 1. The Morgan fingerprint density at radius 1 is 0.750 bits per heavy atom. The fourth-order valence-corrected chi connectivity index (χ4v) is 7.17. The quantitative estimate of drug-likeness (QED) is 0.300. The van der Waals surface area contributed by atoms with Crippen LogP contribution in [0, 0.1) is 6.92 Å². The zero-order chi connectivity index (χ0) is 30.5. The van der Waals surface area contributed by atoms with Gasteiger partial charge in [-0.2, -0.15) is 0 Å². The molecule has 2 aliphatic heterocycles. The minimum atomic E-state index is -3.88. The van der Waals surface area contributed by atoms with Crippen molar-refractivity contribution in [3.05, 3.63) is 125 Å². The lowest BCUT2D eigenvalue weighted by Crippen LogP contribution is -2.48. The molecule has 4 aromatic rings. The molecule has 228 valence electrons. The summed E-state index contributed by atoms with van der Waals surface area (Å²) in [6, 6.07) is 33.4. The van der Waals surface area contributed by atoms with Crippen LogP contribution in [0.5, 0.6) is 0 Å². The summed E-state index contributed by atoms with van der Waals surface area (Å²) in [6.45, 7) is 7.66. The zero-order valence-corrected chi connectivity index (χ0v) is 25.8. The van der Waals surface area contributed by atoms with Gasteiger partial charge in [-0.3, -0.25) is 14.4 Å². The Hall–Kier alpha value is -4.18. The summed E-state index contributed by atoms with van der Waals surface area (Å²) >= 11 is 0. The van der Waals surface area contributed by atoms with Gasteiger partial charge >= 0.3 is 0 Å². The van der Waals surface area contributed by atoms with Gasteiger partial charge in [0.2, 0.25) is 0 Å². The molecular formula is C35H39N5O3S. The predicted molar refractivity (Wildman–Crippen MR) is 176 cm³/mol. The molecule has 44 heavy (non-hydrogen) atoms. The maximum atomic E-state index is 13.5. The first-order valence-electron chi connectivity index (χ1n) is 15.2. The van der Waals surface area contributed by atoms with Crippen LogP contribution in [0.25, 0.3) is 0 Å². The topological polar surface area (TPSA) is 85.0 Å². The highest BCUT2D eigenvalue weighted by molar-refractivity contribution is 7.92. The average Bonchev–Trinajstić information content (AvgIpc) is 3.06. The molecule has 2 heterocycles. The molecule has 0 aliphatic carbocycles. The number of sulfonamides is 1. The van der Waals surface area contributed by atoms with E-state index < -0.39 is 10.0 Å². The lowest BCUT2D eigenvalue weighted by molar-refractivity contribution is 0.0736. The van der Waals surface area contributed by atoms with Crippen LogP contribution in [0.4, 0.5) is 11.4 Å². The van der Waals surface area contributed by atoms with Gasteiger partial charge in [-0.05, 0) is 48.4 Å². The van der Waals surface area contributed by atoms with Gasteiger partial charge in [0.15, 0.2) is 0 Å². The second-order valence-corrected chi connectivity index (χ2v) is 13.1. The molecule has 8 nitrogen and oxygen atoms in total. The van der Waals surface area contributed by atoms with Crippen molar-refractivity contribution < 1.29 is 13.2 Å². The molecule has 0 spiro atoms. The number of hydrogen-bond donors (Lipinski definition) is 2. The molecule has 1 amide bonds. The molecule has 0 bridgehead atoms. The number of benzene rings is 4. The van der Waals surface area contributed by atoms with Crippen LogP contribution in [0.3, 0.4) is 0 Å². The smallest absolute Gasteiger partial charge is 0.261 e. The van der Waals surface area contributed by atoms with Crippen LogP contribution in [0.2, 0.25) is 0 Å². The molecule has 9 heteroatoms. The maximum absolute atomic E-state index is 13.5. The van der Waals surface area contributed by atoms with Crippen LogP contribution >= 0.6 is 0 Å². The van der Waals surface area contributed by atoms with Crippen molar-refractivity contribution >= 4 is 27.3 Å². The Labute approximate surface area is 260 Å². The Morgan fingerprint density at radius 3 is 1.93 bits per heavy atom. The summed E-state index contributed by atoms with van der Waals surface area (Å²) in [5.41, 5.74) is 5.14. The molecule has 2 aliphatic rings. The molecule has 0 aromatic heterocycles. The number of piperazine rings is 2. The average molecular weight is 610 g/mol. The minimum absolute atomic E-state index is 0.0905. The number of nitrogens with one attached hydrogen (secondary N) is 2. The van der Waals surface area contributed by atoms with E-state index in [1.165, 1.54) is 11.1 Å². The predicted octanol–water partition coefficient (Wildman–Crippen LogP) is 4.75. The van der Waals surface area contributed by atoms with Gasteiger partial charge in [0.05, 0.1) is 22.3 Å². The Kier molecular flexibility index (Phi) is 8.97. The highest BCUT2D eigenvalue weighted by atomic mass is 32.2. The number of rotatable bonds is 8. The summed E-state index contributed by atoms with van der Waals surface area (Å²) < 4.78 is 29.9. The van der Waals surface area contributed by atoms with Crippen LogP contribution in [-0.2, 0) is 10.0 Å². The number of amides is 1. The number of hydrogen-bond acceptors (Lipinski definition) is 6. The molecule has 2 N–H and O–H groups in total. The van der Waals surface area contributed by atoms with Gasteiger partial charge in [-0.25, -0.2) is 8.42 Å². The van der Waals surface area contributed by atoms with E-state index in [4.69, 9.17) is 0 Å².